The number of hydrogen-bond donors (Lipinski definition) is 0. The van der Waals surface area contributed by atoms with E-state index in [1.165, 1.54) is 25.3 Å². The van der Waals surface area contributed by atoms with E-state index in [-0.39, 0.29) is 11.1 Å². The third-order valence-electron chi connectivity index (χ3n) is 1.89. The highest BCUT2D eigenvalue weighted by atomic mass is 19.1. The molecule has 14 heavy (non-hydrogen) atoms. The van der Waals surface area contributed by atoms with E-state index in [9.17, 15) is 9.18 Å². The molecule has 0 radical (unpaired) electrons. The molecule has 0 saturated carbocycles. The predicted molar refractivity (Wildman–Crippen MR) is 47.5 cm³/mol. The SMILES string of the molecule is COC(=O)c1cc2c(F)cccc2o1. The Kier molecular flexibility index (Phi) is 1.96. The number of carbonyl (C=O) groups is 1. The largest absolute Gasteiger partial charge is 0.463 e. The van der Waals surface area contributed by atoms with Gasteiger partial charge in [-0.25, -0.2) is 9.18 Å². The summed E-state index contributed by atoms with van der Waals surface area (Å²) >= 11 is 0. The molecule has 0 atom stereocenters. The van der Waals surface area contributed by atoms with Gasteiger partial charge >= 0.3 is 5.97 Å². The lowest BCUT2D eigenvalue weighted by molar-refractivity contribution is 0.0567. The van der Waals surface area contributed by atoms with Crippen molar-refractivity contribution in [2.75, 3.05) is 7.11 Å². The normalized spacial score (nSPS) is 10.4. The van der Waals surface area contributed by atoms with Gasteiger partial charge in [-0.05, 0) is 12.1 Å². The third kappa shape index (κ3) is 1.25. The van der Waals surface area contributed by atoms with Gasteiger partial charge in [0.1, 0.15) is 11.4 Å². The summed E-state index contributed by atoms with van der Waals surface area (Å²) in [6, 6.07) is 5.74. The van der Waals surface area contributed by atoms with Crippen molar-refractivity contribution >= 4 is 16.9 Å². The predicted octanol–water partition coefficient (Wildman–Crippen LogP) is 2.36. The summed E-state index contributed by atoms with van der Waals surface area (Å²) in [5, 5.41) is 0.285. The molecule has 0 saturated heterocycles. The number of carbonyl (C=O) groups excluding carboxylic acids is 1. The molecule has 0 spiro atoms. The van der Waals surface area contributed by atoms with Gasteiger partial charge in [0.25, 0.3) is 0 Å². The number of rotatable bonds is 1. The maximum Gasteiger partial charge on any atom is 0.373 e. The highest BCUT2D eigenvalue weighted by Gasteiger charge is 2.13. The molecular formula is C10H7FO3. The van der Waals surface area contributed by atoms with Crippen LogP contribution in [0, 0.1) is 5.82 Å². The standard InChI is InChI=1S/C10H7FO3/c1-13-10(12)9-5-6-7(11)3-2-4-8(6)14-9/h2-5H,1H3. The van der Waals surface area contributed by atoms with Gasteiger partial charge in [-0.3, -0.25) is 0 Å². The van der Waals surface area contributed by atoms with Crippen LogP contribution >= 0.6 is 0 Å². The first-order valence-corrected chi connectivity index (χ1v) is 3.99. The first-order chi connectivity index (χ1) is 6.72. The van der Waals surface area contributed by atoms with E-state index >= 15 is 0 Å². The Labute approximate surface area is 79.1 Å². The Morgan fingerprint density at radius 1 is 1.50 bits per heavy atom. The van der Waals surface area contributed by atoms with Gasteiger partial charge in [-0.2, -0.15) is 0 Å². The molecular weight excluding hydrogens is 187 g/mol. The molecule has 2 aromatic rings. The minimum Gasteiger partial charge on any atom is -0.463 e. The zero-order chi connectivity index (χ0) is 10.1. The molecule has 4 heteroatoms. The lowest BCUT2D eigenvalue weighted by Crippen LogP contribution is -1.97. The highest BCUT2D eigenvalue weighted by Crippen LogP contribution is 2.22. The number of methoxy groups -OCH3 is 1. The van der Waals surface area contributed by atoms with Gasteiger partial charge in [0.2, 0.25) is 5.76 Å². The highest BCUT2D eigenvalue weighted by molar-refractivity contribution is 5.92. The number of ether oxygens (including phenoxy) is 1. The molecule has 0 unspecified atom stereocenters. The van der Waals surface area contributed by atoms with Crippen LogP contribution in [0.2, 0.25) is 0 Å². The van der Waals surface area contributed by atoms with Crippen LogP contribution < -0.4 is 0 Å². The van der Waals surface area contributed by atoms with Gasteiger partial charge < -0.3 is 9.15 Å². The van der Waals surface area contributed by atoms with Crippen LogP contribution in [0.4, 0.5) is 4.39 Å². The molecule has 2 rings (SSSR count). The molecule has 0 aliphatic rings. The third-order valence-corrected chi connectivity index (χ3v) is 1.89. The first-order valence-electron chi connectivity index (χ1n) is 3.99. The Balaban J connectivity index is 2.62. The van der Waals surface area contributed by atoms with E-state index in [1.807, 2.05) is 0 Å². The van der Waals surface area contributed by atoms with Gasteiger partial charge in [-0.1, -0.05) is 6.07 Å². The minimum atomic E-state index is -0.611. The summed E-state index contributed by atoms with van der Waals surface area (Å²) in [6.45, 7) is 0. The summed E-state index contributed by atoms with van der Waals surface area (Å²) in [5.41, 5.74) is 0.338. The van der Waals surface area contributed by atoms with Crippen LogP contribution in [0.1, 0.15) is 10.6 Å². The summed E-state index contributed by atoms with van der Waals surface area (Å²) in [4.78, 5) is 11.1. The second kappa shape index (κ2) is 3.14. The Morgan fingerprint density at radius 2 is 2.29 bits per heavy atom. The van der Waals surface area contributed by atoms with Crippen molar-refractivity contribution in [3.05, 3.63) is 35.8 Å². The van der Waals surface area contributed by atoms with Crippen LogP contribution in [0.3, 0.4) is 0 Å². The smallest absolute Gasteiger partial charge is 0.373 e. The topological polar surface area (TPSA) is 39.4 Å². The van der Waals surface area contributed by atoms with E-state index < -0.39 is 11.8 Å². The molecule has 0 aliphatic carbocycles. The zero-order valence-corrected chi connectivity index (χ0v) is 7.41. The number of furan rings is 1. The van der Waals surface area contributed by atoms with Gasteiger partial charge in [-0.15, -0.1) is 0 Å². The average Bonchev–Trinajstić information content (AvgIpc) is 2.62. The first kappa shape index (κ1) is 8.74. The second-order valence-corrected chi connectivity index (χ2v) is 2.75. The maximum atomic E-state index is 13.2. The Morgan fingerprint density at radius 3 is 2.93 bits per heavy atom. The van der Waals surface area contributed by atoms with Crippen LogP contribution in [-0.2, 0) is 4.74 Å². The van der Waals surface area contributed by atoms with Crippen molar-refractivity contribution in [3.8, 4) is 0 Å². The number of esters is 1. The van der Waals surface area contributed by atoms with Crippen molar-refractivity contribution in [3.63, 3.8) is 0 Å². The van der Waals surface area contributed by atoms with E-state index in [1.54, 1.807) is 6.07 Å². The molecule has 1 aromatic carbocycles. The van der Waals surface area contributed by atoms with Crippen LogP contribution in [0.15, 0.2) is 28.7 Å². The summed E-state index contributed by atoms with van der Waals surface area (Å²) in [6.07, 6.45) is 0. The summed E-state index contributed by atoms with van der Waals surface area (Å²) in [5.74, 6) is -1.02. The van der Waals surface area contributed by atoms with E-state index in [2.05, 4.69) is 4.74 Å². The van der Waals surface area contributed by atoms with Crippen LogP contribution in [0.5, 0.6) is 0 Å². The molecule has 0 bridgehead atoms. The molecule has 0 aliphatic heterocycles. The number of benzene rings is 1. The van der Waals surface area contributed by atoms with Crippen molar-refractivity contribution < 1.29 is 18.3 Å². The fraction of sp³-hybridized carbons (Fsp3) is 0.100. The summed E-state index contributed by atoms with van der Waals surface area (Å²) < 4.78 is 22.7. The lowest BCUT2D eigenvalue weighted by Gasteiger charge is -1.90. The molecule has 0 fully saturated rings. The van der Waals surface area contributed by atoms with Crippen LogP contribution in [-0.4, -0.2) is 13.1 Å². The fourth-order valence-electron chi connectivity index (χ4n) is 1.23. The van der Waals surface area contributed by atoms with Crippen molar-refractivity contribution in [2.45, 2.75) is 0 Å². The second-order valence-electron chi connectivity index (χ2n) is 2.75. The number of hydrogen-bond acceptors (Lipinski definition) is 3. The molecule has 1 aromatic heterocycles. The minimum absolute atomic E-state index is 0.00704. The van der Waals surface area contributed by atoms with Crippen molar-refractivity contribution in [1.29, 1.82) is 0 Å². The van der Waals surface area contributed by atoms with Crippen LogP contribution in [0.25, 0.3) is 11.0 Å². The monoisotopic (exact) mass is 194 g/mol. The Hall–Kier alpha value is -1.84. The molecule has 1 heterocycles. The lowest BCUT2D eigenvalue weighted by atomic mass is 10.2. The number of halogens is 1. The zero-order valence-electron chi connectivity index (χ0n) is 7.41. The molecule has 72 valence electrons. The molecule has 0 amide bonds. The van der Waals surface area contributed by atoms with Crippen molar-refractivity contribution in [1.82, 2.24) is 0 Å². The fourth-order valence-corrected chi connectivity index (χ4v) is 1.23. The molecule has 3 nitrogen and oxygen atoms in total. The Bertz CT molecular complexity index is 487. The quantitative estimate of drug-likeness (QED) is 0.654. The van der Waals surface area contributed by atoms with Gasteiger partial charge in [0.15, 0.2) is 0 Å². The number of fused-ring (bicyclic) bond motifs is 1. The average molecular weight is 194 g/mol. The molecule has 0 N–H and O–H groups in total. The van der Waals surface area contributed by atoms with E-state index in [4.69, 9.17) is 4.42 Å². The summed E-state index contributed by atoms with van der Waals surface area (Å²) in [7, 11) is 1.24. The van der Waals surface area contributed by atoms with E-state index in [0.29, 0.717) is 5.58 Å². The van der Waals surface area contributed by atoms with E-state index in [0.717, 1.165) is 0 Å². The maximum absolute atomic E-state index is 13.2. The van der Waals surface area contributed by atoms with Crippen molar-refractivity contribution in [2.24, 2.45) is 0 Å². The van der Waals surface area contributed by atoms with Gasteiger partial charge in [0.05, 0.1) is 12.5 Å². The van der Waals surface area contributed by atoms with Gasteiger partial charge in [0, 0.05) is 6.07 Å².